The lowest BCUT2D eigenvalue weighted by atomic mass is 10.1. The molecule has 1 saturated heterocycles. The first kappa shape index (κ1) is 13.8. The largest absolute Gasteiger partial charge is 0.363 e. The molecule has 1 fully saturated rings. The molecule has 1 atom stereocenters. The number of nitrogens with one attached hydrogen (secondary N) is 1. The van der Waals surface area contributed by atoms with Crippen molar-refractivity contribution in [1.82, 2.24) is 15.2 Å². The van der Waals surface area contributed by atoms with E-state index in [0.717, 1.165) is 31.9 Å². The van der Waals surface area contributed by atoms with Crippen LogP contribution in [0.5, 0.6) is 0 Å². The summed E-state index contributed by atoms with van der Waals surface area (Å²) in [6.07, 6.45) is 2.75. The van der Waals surface area contributed by atoms with Gasteiger partial charge in [-0.05, 0) is 38.1 Å². The van der Waals surface area contributed by atoms with E-state index in [2.05, 4.69) is 10.3 Å². The molecule has 104 valence electrons. The standard InChI is InChI=1S/C14H22N4O/c1-15-8-11-6-7-18(10-11)14(19)12-4-5-13(16-9-12)17(2)3/h4-5,9,11,15H,6-8,10H2,1-3H3. The van der Waals surface area contributed by atoms with Crippen LogP contribution in [-0.4, -0.2) is 56.6 Å². The summed E-state index contributed by atoms with van der Waals surface area (Å²) >= 11 is 0. The van der Waals surface area contributed by atoms with Crippen LogP contribution in [0.2, 0.25) is 0 Å². The molecular formula is C14H22N4O. The molecule has 1 aromatic rings. The van der Waals surface area contributed by atoms with E-state index in [0.29, 0.717) is 11.5 Å². The fourth-order valence-corrected chi connectivity index (χ4v) is 2.43. The Kier molecular flexibility index (Phi) is 4.37. The zero-order valence-corrected chi connectivity index (χ0v) is 11.9. The van der Waals surface area contributed by atoms with E-state index in [1.54, 1.807) is 6.20 Å². The summed E-state index contributed by atoms with van der Waals surface area (Å²) in [4.78, 5) is 20.5. The molecule has 5 heteroatoms. The average molecular weight is 262 g/mol. The minimum absolute atomic E-state index is 0.0939. The van der Waals surface area contributed by atoms with Gasteiger partial charge in [0.2, 0.25) is 0 Å². The number of carbonyl (C=O) groups excluding carboxylic acids is 1. The zero-order valence-electron chi connectivity index (χ0n) is 11.9. The molecule has 2 heterocycles. The summed E-state index contributed by atoms with van der Waals surface area (Å²) in [6, 6.07) is 3.74. The van der Waals surface area contributed by atoms with E-state index < -0.39 is 0 Å². The van der Waals surface area contributed by atoms with E-state index in [1.165, 1.54) is 0 Å². The van der Waals surface area contributed by atoms with Crippen molar-refractivity contribution in [3.63, 3.8) is 0 Å². The van der Waals surface area contributed by atoms with Crippen LogP contribution < -0.4 is 10.2 Å². The topological polar surface area (TPSA) is 48.5 Å². The van der Waals surface area contributed by atoms with Gasteiger partial charge in [-0.3, -0.25) is 4.79 Å². The van der Waals surface area contributed by atoms with Crippen molar-refractivity contribution in [3.8, 4) is 0 Å². The molecular weight excluding hydrogens is 240 g/mol. The second kappa shape index (κ2) is 6.02. The first-order valence-corrected chi connectivity index (χ1v) is 6.69. The molecule has 0 aromatic carbocycles. The number of hydrogen-bond donors (Lipinski definition) is 1. The molecule has 5 nitrogen and oxygen atoms in total. The second-order valence-corrected chi connectivity index (χ2v) is 5.26. The van der Waals surface area contributed by atoms with Gasteiger partial charge in [0, 0.05) is 33.4 Å². The lowest BCUT2D eigenvalue weighted by Gasteiger charge is -2.17. The van der Waals surface area contributed by atoms with Crippen molar-refractivity contribution in [2.24, 2.45) is 5.92 Å². The SMILES string of the molecule is CNCC1CCN(C(=O)c2ccc(N(C)C)nc2)C1. The molecule has 19 heavy (non-hydrogen) atoms. The van der Waals surface area contributed by atoms with Crippen LogP contribution in [0.25, 0.3) is 0 Å². The minimum atomic E-state index is 0.0939. The van der Waals surface area contributed by atoms with E-state index in [-0.39, 0.29) is 5.91 Å². The van der Waals surface area contributed by atoms with Gasteiger partial charge in [0.15, 0.2) is 0 Å². The highest BCUT2D eigenvalue weighted by Gasteiger charge is 2.26. The first-order chi connectivity index (χ1) is 9.11. The number of pyridine rings is 1. The number of likely N-dealkylation sites (tertiary alicyclic amines) is 1. The normalized spacial score (nSPS) is 18.7. The summed E-state index contributed by atoms with van der Waals surface area (Å²) in [6.45, 7) is 2.66. The van der Waals surface area contributed by atoms with Gasteiger partial charge < -0.3 is 15.1 Å². The molecule has 0 spiro atoms. The molecule has 1 aromatic heterocycles. The number of carbonyl (C=O) groups is 1. The van der Waals surface area contributed by atoms with Crippen LogP contribution in [-0.2, 0) is 0 Å². The number of hydrogen-bond acceptors (Lipinski definition) is 4. The van der Waals surface area contributed by atoms with Gasteiger partial charge in [-0.15, -0.1) is 0 Å². The van der Waals surface area contributed by atoms with E-state index in [1.807, 2.05) is 43.1 Å². The smallest absolute Gasteiger partial charge is 0.255 e. The molecule has 1 aliphatic rings. The predicted octanol–water partition coefficient (Wildman–Crippen LogP) is 0.829. The highest BCUT2D eigenvalue weighted by molar-refractivity contribution is 5.94. The maximum Gasteiger partial charge on any atom is 0.255 e. The number of nitrogens with zero attached hydrogens (tertiary/aromatic N) is 3. The quantitative estimate of drug-likeness (QED) is 0.873. The van der Waals surface area contributed by atoms with Crippen LogP contribution in [0.1, 0.15) is 16.8 Å². The van der Waals surface area contributed by atoms with Crippen molar-refractivity contribution in [1.29, 1.82) is 0 Å². The summed E-state index contributed by atoms with van der Waals surface area (Å²) in [5.74, 6) is 1.53. The number of aromatic nitrogens is 1. The molecule has 1 amide bonds. The van der Waals surface area contributed by atoms with Crippen molar-refractivity contribution in [2.45, 2.75) is 6.42 Å². The highest BCUT2D eigenvalue weighted by Crippen LogP contribution is 2.18. The number of anilines is 1. The molecule has 1 N–H and O–H groups in total. The molecule has 1 aliphatic heterocycles. The van der Waals surface area contributed by atoms with Crippen LogP contribution in [0.4, 0.5) is 5.82 Å². The molecule has 2 rings (SSSR count). The maximum absolute atomic E-state index is 12.3. The molecule has 0 bridgehead atoms. The fourth-order valence-electron chi connectivity index (χ4n) is 2.43. The Morgan fingerprint density at radius 3 is 2.89 bits per heavy atom. The molecule has 0 radical (unpaired) electrons. The first-order valence-electron chi connectivity index (χ1n) is 6.69. The van der Waals surface area contributed by atoms with Gasteiger partial charge >= 0.3 is 0 Å². The van der Waals surface area contributed by atoms with Crippen LogP contribution >= 0.6 is 0 Å². The van der Waals surface area contributed by atoms with Gasteiger partial charge in [0.1, 0.15) is 5.82 Å². The van der Waals surface area contributed by atoms with Crippen LogP contribution in [0, 0.1) is 5.92 Å². The average Bonchev–Trinajstić information content (AvgIpc) is 2.87. The predicted molar refractivity (Wildman–Crippen MR) is 76.5 cm³/mol. The van der Waals surface area contributed by atoms with Crippen molar-refractivity contribution < 1.29 is 4.79 Å². The minimum Gasteiger partial charge on any atom is -0.363 e. The van der Waals surface area contributed by atoms with E-state index in [4.69, 9.17) is 0 Å². The van der Waals surface area contributed by atoms with E-state index in [9.17, 15) is 4.79 Å². The lowest BCUT2D eigenvalue weighted by molar-refractivity contribution is 0.0787. The Labute approximate surface area is 114 Å². The second-order valence-electron chi connectivity index (χ2n) is 5.26. The summed E-state index contributed by atoms with van der Waals surface area (Å²) in [5.41, 5.74) is 0.677. The third kappa shape index (κ3) is 3.23. The Morgan fingerprint density at radius 2 is 2.32 bits per heavy atom. The Hall–Kier alpha value is -1.62. The van der Waals surface area contributed by atoms with Crippen molar-refractivity contribution in [3.05, 3.63) is 23.9 Å². The maximum atomic E-state index is 12.3. The van der Waals surface area contributed by atoms with Gasteiger partial charge in [0.25, 0.3) is 5.91 Å². The van der Waals surface area contributed by atoms with Gasteiger partial charge in [-0.25, -0.2) is 4.98 Å². The summed E-state index contributed by atoms with van der Waals surface area (Å²) in [7, 11) is 5.83. The van der Waals surface area contributed by atoms with Gasteiger partial charge in [-0.2, -0.15) is 0 Å². The number of amides is 1. The highest BCUT2D eigenvalue weighted by atomic mass is 16.2. The monoisotopic (exact) mass is 262 g/mol. The summed E-state index contributed by atoms with van der Waals surface area (Å²) < 4.78 is 0. The van der Waals surface area contributed by atoms with Crippen LogP contribution in [0.15, 0.2) is 18.3 Å². The molecule has 0 saturated carbocycles. The molecule has 0 aliphatic carbocycles. The lowest BCUT2D eigenvalue weighted by Crippen LogP contribution is -2.30. The Bertz CT molecular complexity index is 430. The molecule has 1 unspecified atom stereocenters. The summed E-state index contributed by atoms with van der Waals surface area (Å²) in [5, 5.41) is 3.17. The Morgan fingerprint density at radius 1 is 1.53 bits per heavy atom. The van der Waals surface area contributed by atoms with Gasteiger partial charge in [0.05, 0.1) is 5.56 Å². The van der Waals surface area contributed by atoms with Crippen molar-refractivity contribution >= 4 is 11.7 Å². The third-order valence-corrected chi connectivity index (χ3v) is 3.52. The van der Waals surface area contributed by atoms with Gasteiger partial charge in [-0.1, -0.05) is 0 Å². The third-order valence-electron chi connectivity index (χ3n) is 3.52. The zero-order chi connectivity index (χ0) is 13.8. The number of rotatable bonds is 4. The Balaban J connectivity index is 2.00. The van der Waals surface area contributed by atoms with Crippen LogP contribution in [0.3, 0.4) is 0 Å². The fraction of sp³-hybridized carbons (Fsp3) is 0.571. The van der Waals surface area contributed by atoms with E-state index >= 15 is 0 Å². The van der Waals surface area contributed by atoms with Crippen molar-refractivity contribution in [2.75, 3.05) is 45.7 Å².